The largest absolute Gasteiger partial charge is 0.460 e. The lowest BCUT2D eigenvalue weighted by Gasteiger charge is -2.49. The van der Waals surface area contributed by atoms with Gasteiger partial charge in [0.15, 0.2) is 0 Å². The van der Waals surface area contributed by atoms with E-state index in [0.717, 1.165) is 42.7 Å². The third kappa shape index (κ3) is 5.41. The molecule has 1 saturated heterocycles. The summed E-state index contributed by atoms with van der Waals surface area (Å²) in [5, 5.41) is 0. The molecule has 27 heavy (non-hydrogen) atoms. The zero-order valence-electron chi connectivity index (χ0n) is 17.5. The van der Waals surface area contributed by atoms with Gasteiger partial charge in [-0.2, -0.15) is 13.2 Å². The molecule has 3 aliphatic rings. The molecular weight excluding hydrogens is 349 g/mol. The summed E-state index contributed by atoms with van der Waals surface area (Å²) >= 11 is 0. The van der Waals surface area contributed by atoms with Crippen LogP contribution in [0.3, 0.4) is 0 Å². The summed E-state index contributed by atoms with van der Waals surface area (Å²) < 4.78 is 40.2. The summed E-state index contributed by atoms with van der Waals surface area (Å²) in [5.41, 5.74) is 0.322. The summed E-state index contributed by atoms with van der Waals surface area (Å²) in [4.78, 5) is 3.45. The van der Waals surface area contributed by atoms with Gasteiger partial charge in [0.25, 0.3) is 0 Å². The van der Waals surface area contributed by atoms with Gasteiger partial charge in [0.1, 0.15) is 0 Å². The van der Waals surface area contributed by atoms with Gasteiger partial charge >= 0.3 is 6.30 Å². The van der Waals surface area contributed by atoms with Crippen molar-refractivity contribution in [2.24, 2.45) is 17.3 Å². The third-order valence-corrected chi connectivity index (χ3v) is 7.83. The van der Waals surface area contributed by atoms with Crippen molar-refractivity contribution in [1.29, 1.82) is 0 Å². The van der Waals surface area contributed by atoms with E-state index in [-0.39, 0.29) is 6.04 Å². The van der Waals surface area contributed by atoms with Crippen LogP contribution in [0.2, 0.25) is 0 Å². The van der Waals surface area contributed by atoms with E-state index in [1.807, 2.05) is 0 Å². The Kier molecular flexibility index (Phi) is 6.83. The van der Waals surface area contributed by atoms with Crippen LogP contribution in [0.5, 0.6) is 0 Å². The highest BCUT2D eigenvalue weighted by Gasteiger charge is 2.47. The molecule has 158 valence electrons. The van der Waals surface area contributed by atoms with Gasteiger partial charge in [-0.3, -0.25) is 0 Å². The van der Waals surface area contributed by atoms with Crippen LogP contribution in [-0.4, -0.2) is 47.8 Å². The van der Waals surface area contributed by atoms with Gasteiger partial charge in [-0.1, -0.05) is 19.8 Å². The van der Waals surface area contributed by atoms with E-state index >= 15 is 0 Å². The molecule has 0 aromatic carbocycles. The number of halogens is 3. The predicted octanol–water partition coefficient (Wildman–Crippen LogP) is 6.07. The number of hydrogen-bond donors (Lipinski definition) is 0. The zero-order valence-corrected chi connectivity index (χ0v) is 17.5. The maximum absolute atomic E-state index is 13.4. The predicted molar refractivity (Wildman–Crippen MR) is 105 cm³/mol. The van der Waals surface area contributed by atoms with Crippen molar-refractivity contribution >= 4 is 0 Å². The summed E-state index contributed by atoms with van der Waals surface area (Å²) in [5.74, 6) is 1.78. The highest BCUT2D eigenvalue weighted by atomic mass is 19.4. The fourth-order valence-electron chi connectivity index (χ4n) is 6.00. The Labute approximate surface area is 163 Å². The zero-order chi connectivity index (χ0) is 19.7. The molecule has 0 unspecified atom stereocenters. The fourth-order valence-corrected chi connectivity index (χ4v) is 6.00. The van der Waals surface area contributed by atoms with Gasteiger partial charge in [-0.15, -0.1) is 0 Å². The van der Waals surface area contributed by atoms with E-state index in [2.05, 4.69) is 11.8 Å². The SMILES string of the molecule is CC1CCC(CN2CCC3(CCC(N(C(C)C)C(F)(F)F)CC3)CC2)CC1. The first kappa shape index (κ1) is 21.4. The minimum Gasteiger partial charge on any atom is -0.303 e. The average Bonchev–Trinajstić information content (AvgIpc) is 2.60. The van der Waals surface area contributed by atoms with Crippen molar-refractivity contribution in [3.05, 3.63) is 0 Å². The molecule has 1 heterocycles. The maximum atomic E-state index is 13.4. The first-order valence-corrected chi connectivity index (χ1v) is 11.3. The van der Waals surface area contributed by atoms with Crippen molar-refractivity contribution in [2.45, 2.75) is 103 Å². The average molecular weight is 389 g/mol. The summed E-state index contributed by atoms with van der Waals surface area (Å²) in [6.45, 7) is 9.27. The van der Waals surface area contributed by atoms with Crippen molar-refractivity contribution < 1.29 is 13.2 Å². The molecule has 0 aromatic rings. The Morgan fingerprint density at radius 1 is 0.926 bits per heavy atom. The van der Waals surface area contributed by atoms with E-state index in [1.165, 1.54) is 45.1 Å². The topological polar surface area (TPSA) is 6.48 Å². The van der Waals surface area contributed by atoms with Crippen molar-refractivity contribution in [3.63, 3.8) is 0 Å². The molecule has 3 fully saturated rings. The summed E-state index contributed by atoms with van der Waals surface area (Å²) in [6.07, 6.45) is 7.08. The summed E-state index contributed by atoms with van der Waals surface area (Å²) in [6, 6.07) is -0.790. The van der Waals surface area contributed by atoms with Gasteiger partial charge in [-0.25, -0.2) is 4.90 Å². The van der Waals surface area contributed by atoms with Gasteiger partial charge in [0.05, 0.1) is 0 Å². The lowest BCUT2D eigenvalue weighted by molar-refractivity contribution is -0.273. The van der Waals surface area contributed by atoms with Crippen LogP contribution in [0.4, 0.5) is 13.2 Å². The highest BCUT2D eigenvalue weighted by molar-refractivity contribution is 4.94. The quantitative estimate of drug-likeness (QED) is 0.540. The number of alkyl halides is 3. The van der Waals surface area contributed by atoms with Crippen LogP contribution in [0, 0.1) is 17.3 Å². The maximum Gasteiger partial charge on any atom is 0.460 e. The molecule has 0 bridgehead atoms. The van der Waals surface area contributed by atoms with Gasteiger partial charge in [-0.05, 0) is 95.6 Å². The molecule has 0 N–H and O–H groups in total. The number of piperidine rings is 1. The number of rotatable bonds is 4. The Balaban J connectivity index is 1.46. The van der Waals surface area contributed by atoms with Gasteiger partial charge in [0, 0.05) is 18.6 Å². The van der Waals surface area contributed by atoms with E-state index in [0.29, 0.717) is 18.3 Å². The van der Waals surface area contributed by atoms with Crippen LogP contribution >= 0.6 is 0 Å². The smallest absolute Gasteiger partial charge is 0.303 e. The molecule has 1 spiro atoms. The molecule has 0 aromatic heterocycles. The van der Waals surface area contributed by atoms with Crippen LogP contribution in [0.1, 0.15) is 85.0 Å². The number of hydrogen-bond acceptors (Lipinski definition) is 2. The van der Waals surface area contributed by atoms with E-state index < -0.39 is 12.3 Å². The molecule has 0 radical (unpaired) electrons. The molecule has 0 atom stereocenters. The Hall–Kier alpha value is -0.290. The molecule has 2 nitrogen and oxygen atoms in total. The van der Waals surface area contributed by atoms with Crippen molar-refractivity contribution in [3.8, 4) is 0 Å². The van der Waals surface area contributed by atoms with E-state index in [1.54, 1.807) is 13.8 Å². The summed E-state index contributed by atoms with van der Waals surface area (Å²) in [7, 11) is 0. The highest BCUT2D eigenvalue weighted by Crippen LogP contribution is 2.47. The normalized spacial score (nSPS) is 31.1. The number of likely N-dealkylation sites (tertiary alicyclic amines) is 1. The molecule has 3 rings (SSSR count). The molecule has 1 aliphatic heterocycles. The minimum absolute atomic E-state index is 0.321. The second-order valence-corrected chi connectivity index (χ2v) is 10.1. The lowest BCUT2D eigenvalue weighted by Crippen LogP contribution is -2.53. The molecular formula is C22H39F3N2. The molecule has 2 saturated carbocycles. The molecule has 2 aliphatic carbocycles. The monoisotopic (exact) mass is 388 g/mol. The Morgan fingerprint density at radius 3 is 1.96 bits per heavy atom. The van der Waals surface area contributed by atoms with Crippen LogP contribution < -0.4 is 0 Å². The molecule has 5 heteroatoms. The van der Waals surface area contributed by atoms with Crippen LogP contribution in [-0.2, 0) is 0 Å². The fraction of sp³-hybridized carbons (Fsp3) is 1.00. The van der Waals surface area contributed by atoms with Crippen molar-refractivity contribution in [2.75, 3.05) is 19.6 Å². The van der Waals surface area contributed by atoms with Crippen LogP contribution in [0.25, 0.3) is 0 Å². The Bertz CT molecular complexity index is 451. The second kappa shape index (κ2) is 8.61. The first-order chi connectivity index (χ1) is 12.7. The van der Waals surface area contributed by atoms with Crippen LogP contribution in [0.15, 0.2) is 0 Å². The molecule has 0 amide bonds. The van der Waals surface area contributed by atoms with E-state index in [4.69, 9.17) is 0 Å². The van der Waals surface area contributed by atoms with E-state index in [9.17, 15) is 13.2 Å². The first-order valence-electron chi connectivity index (χ1n) is 11.3. The number of nitrogens with zero attached hydrogens (tertiary/aromatic N) is 2. The van der Waals surface area contributed by atoms with Crippen molar-refractivity contribution in [1.82, 2.24) is 9.80 Å². The minimum atomic E-state index is -4.20. The lowest BCUT2D eigenvalue weighted by atomic mass is 9.66. The Morgan fingerprint density at radius 2 is 1.48 bits per heavy atom. The second-order valence-electron chi connectivity index (χ2n) is 10.1. The third-order valence-electron chi connectivity index (χ3n) is 7.83. The standard InChI is InChI=1S/C22H39F3N2/c1-17(2)27(22(23,24)25)20-8-10-21(11-9-20)12-14-26(15-13-21)16-19-6-4-18(3)5-7-19/h17-20H,4-16H2,1-3H3. The van der Waals surface area contributed by atoms with Gasteiger partial charge in [0.2, 0.25) is 0 Å². The van der Waals surface area contributed by atoms with Gasteiger partial charge < -0.3 is 4.90 Å².